The van der Waals surface area contributed by atoms with Gasteiger partial charge in [0.1, 0.15) is 0 Å². The second-order valence-electron chi connectivity index (χ2n) is 7.43. The van der Waals surface area contributed by atoms with Crippen LogP contribution in [0.3, 0.4) is 0 Å². The van der Waals surface area contributed by atoms with Crippen molar-refractivity contribution in [2.24, 2.45) is 4.99 Å². The van der Waals surface area contributed by atoms with E-state index in [1.807, 2.05) is 7.05 Å². The first-order valence-electron chi connectivity index (χ1n) is 9.62. The van der Waals surface area contributed by atoms with Crippen molar-refractivity contribution in [3.05, 3.63) is 22.4 Å². The van der Waals surface area contributed by atoms with Gasteiger partial charge >= 0.3 is 0 Å². The molecule has 1 aromatic rings. The summed E-state index contributed by atoms with van der Waals surface area (Å²) < 4.78 is 0. The lowest BCUT2D eigenvalue weighted by atomic mass is 9.84. The van der Waals surface area contributed by atoms with Crippen molar-refractivity contribution >= 4 is 41.3 Å². The molecule has 3 heterocycles. The molecular weight excluding hydrogens is 457 g/mol. The molecule has 0 spiro atoms. The van der Waals surface area contributed by atoms with Crippen molar-refractivity contribution in [3.63, 3.8) is 0 Å². The van der Waals surface area contributed by atoms with Gasteiger partial charge in [-0.3, -0.25) is 9.89 Å². The lowest BCUT2D eigenvalue weighted by Gasteiger charge is -2.50. The normalized spacial score (nSPS) is 21.8. The Labute approximate surface area is 179 Å². The highest BCUT2D eigenvalue weighted by molar-refractivity contribution is 14.0. The highest BCUT2D eigenvalue weighted by Gasteiger charge is 2.39. The summed E-state index contributed by atoms with van der Waals surface area (Å²) in [7, 11) is 4.11. The number of guanidine groups is 1. The fourth-order valence-electron chi connectivity index (χ4n) is 4.06. The van der Waals surface area contributed by atoms with Crippen LogP contribution in [0, 0.1) is 0 Å². The smallest absolute Gasteiger partial charge is 0.191 e. The topological polar surface area (TPSA) is 42.9 Å². The zero-order valence-electron chi connectivity index (χ0n) is 16.2. The monoisotopic (exact) mass is 491 g/mol. The molecule has 0 amide bonds. The lowest BCUT2D eigenvalue weighted by molar-refractivity contribution is 0.0173. The summed E-state index contributed by atoms with van der Waals surface area (Å²) in [5.74, 6) is 0.920. The van der Waals surface area contributed by atoms with E-state index in [9.17, 15) is 0 Å². The van der Waals surface area contributed by atoms with Crippen LogP contribution < -0.4 is 10.6 Å². The van der Waals surface area contributed by atoms with Crippen LogP contribution in [0.15, 0.2) is 22.5 Å². The Hall–Kier alpha value is -0.380. The Morgan fingerprint density at radius 3 is 2.50 bits per heavy atom. The summed E-state index contributed by atoms with van der Waals surface area (Å²) in [4.78, 5) is 11.0. The number of nitrogens with zero attached hydrogens (tertiary/aromatic N) is 3. The van der Waals surface area contributed by atoms with Gasteiger partial charge in [0.2, 0.25) is 0 Å². The number of nitrogens with one attached hydrogen (secondary N) is 2. The Kier molecular flexibility index (Phi) is 9.12. The molecule has 0 saturated carbocycles. The van der Waals surface area contributed by atoms with E-state index in [0.717, 1.165) is 19.0 Å². The number of thiophene rings is 1. The van der Waals surface area contributed by atoms with Gasteiger partial charge in [0.05, 0.1) is 6.54 Å². The molecule has 2 aliphatic rings. The van der Waals surface area contributed by atoms with E-state index in [0.29, 0.717) is 0 Å². The van der Waals surface area contributed by atoms with Gasteiger partial charge in [-0.2, -0.15) is 0 Å². The number of aliphatic imine (C=N–C) groups is 1. The molecule has 0 aliphatic carbocycles. The Morgan fingerprint density at radius 2 is 1.88 bits per heavy atom. The van der Waals surface area contributed by atoms with Crippen LogP contribution in [0.25, 0.3) is 0 Å². The predicted octanol–water partition coefficient (Wildman–Crippen LogP) is 2.98. The second-order valence-corrected chi connectivity index (χ2v) is 8.47. The first kappa shape index (κ1) is 21.9. The van der Waals surface area contributed by atoms with E-state index in [1.54, 1.807) is 11.3 Å². The molecule has 0 bridgehead atoms. The maximum Gasteiger partial charge on any atom is 0.191 e. The van der Waals surface area contributed by atoms with Crippen LogP contribution in [0.5, 0.6) is 0 Å². The molecule has 3 rings (SSSR count). The van der Waals surface area contributed by atoms with Gasteiger partial charge in [-0.25, -0.2) is 0 Å². The molecule has 0 aromatic carbocycles. The maximum atomic E-state index is 4.43. The molecule has 2 N–H and O–H groups in total. The molecule has 5 nitrogen and oxygen atoms in total. The van der Waals surface area contributed by atoms with Crippen LogP contribution in [0.4, 0.5) is 0 Å². The van der Waals surface area contributed by atoms with E-state index in [4.69, 9.17) is 0 Å². The van der Waals surface area contributed by atoms with E-state index >= 15 is 0 Å². The SMILES string of the molecule is CN=C(NCc1cccs1)NCC1(N2CCCCC2)CCN(C)CC1.I. The molecular formula is C19H34IN5S. The van der Waals surface area contributed by atoms with Gasteiger partial charge in [-0.1, -0.05) is 12.5 Å². The lowest BCUT2D eigenvalue weighted by Crippen LogP contribution is -2.62. The summed E-state index contributed by atoms with van der Waals surface area (Å²) in [5, 5.41) is 9.22. The van der Waals surface area contributed by atoms with Crippen molar-refractivity contribution in [2.45, 2.75) is 44.2 Å². The van der Waals surface area contributed by atoms with Crippen molar-refractivity contribution in [2.75, 3.05) is 46.8 Å². The fraction of sp³-hybridized carbons (Fsp3) is 0.737. The van der Waals surface area contributed by atoms with Crippen LogP contribution >= 0.6 is 35.3 Å². The third-order valence-corrected chi connectivity index (χ3v) is 6.64. The van der Waals surface area contributed by atoms with E-state index in [1.165, 1.54) is 63.2 Å². The van der Waals surface area contributed by atoms with Gasteiger partial charge in [0.25, 0.3) is 0 Å². The Balaban J connectivity index is 0.00000243. The average Bonchev–Trinajstić information content (AvgIpc) is 3.18. The summed E-state index contributed by atoms with van der Waals surface area (Å²) in [6.07, 6.45) is 6.59. The zero-order valence-corrected chi connectivity index (χ0v) is 19.3. The quantitative estimate of drug-likeness (QED) is 0.378. The summed E-state index contributed by atoms with van der Waals surface area (Å²) in [5.41, 5.74) is 0.285. The Bertz CT molecular complexity index is 534. The minimum Gasteiger partial charge on any atom is -0.355 e. The minimum atomic E-state index is 0. The molecule has 2 aliphatic heterocycles. The molecule has 7 heteroatoms. The molecule has 148 valence electrons. The van der Waals surface area contributed by atoms with Crippen molar-refractivity contribution < 1.29 is 0 Å². The molecule has 26 heavy (non-hydrogen) atoms. The van der Waals surface area contributed by atoms with E-state index in [-0.39, 0.29) is 29.5 Å². The number of halogens is 1. The summed E-state index contributed by atoms with van der Waals surface area (Å²) in [6, 6.07) is 4.26. The maximum absolute atomic E-state index is 4.43. The van der Waals surface area contributed by atoms with Crippen molar-refractivity contribution in [1.29, 1.82) is 0 Å². The summed E-state index contributed by atoms with van der Waals surface area (Å²) in [6.45, 7) is 6.74. The number of piperidine rings is 2. The Morgan fingerprint density at radius 1 is 1.15 bits per heavy atom. The van der Waals surface area contributed by atoms with Crippen molar-refractivity contribution in [1.82, 2.24) is 20.4 Å². The first-order valence-corrected chi connectivity index (χ1v) is 10.5. The molecule has 2 fully saturated rings. The first-order chi connectivity index (χ1) is 12.2. The van der Waals surface area contributed by atoms with Gasteiger partial charge in [-0.05, 0) is 70.4 Å². The third kappa shape index (κ3) is 5.81. The number of rotatable bonds is 5. The van der Waals surface area contributed by atoms with Gasteiger partial charge in [-0.15, -0.1) is 35.3 Å². The van der Waals surface area contributed by atoms with E-state index in [2.05, 4.69) is 50.0 Å². The van der Waals surface area contributed by atoms with Crippen LogP contribution in [0.1, 0.15) is 37.0 Å². The third-order valence-electron chi connectivity index (χ3n) is 5.76. The number of hydrogen-bond acceptors (Lipinski definition) is 4. The zero-order chi connectivity index (χ0) is 17.5. The average molecular weight is 491 g/mol. The highest BCUT2D eigenvalue weighted by Crippen LogP contribution is 2.30. The molecule has 0 unspecified atom stereocenters. The fourth-order valence-corrected chi connectivity index (χ4v) is 4.71. The van der Waals surface area contributed by atoms with E-state index < -0.39 is 0 Å². The van der Waals surface area contributed by atoms with Crippen molar-refractivity contribution in [3.8, 4) is 0 Å². The second kappa shape index (κ2) is 10.8. The number of likely N-dealkylation sites (tertiary alicyclic amines) is 2. The van der Waals surface area contributed by atoms with Crippen LogP contribution in [-0.4, -0.2) is 68.1 Å². The highest BCUT2D eigenvalue weighted by atomic mass is 127. The van der Waals surface area contributed by atoms with Gasteiger partial charge in [0, 0.05) is 24.0 Å². The standard InChI is InChI=1S/C19H33N5S.HI/c1-20-18(21-15-17-7-6-14-25-17)22-16-19(8-12-23(2)13-9-19)24-10-4-3-5-11-24;/h6-7,14H,3-5,8-13,15-16H2,1-2H3,(H2,20,21,22);1H. The summed E-state index contributed by atoms with van der Waals surface area (Å²) >= 11 is 1.78. The molecule has 0 radical (unpaired) electrons. The van der Waals surface area contributed by atoms with Gasteiger partial charge < -0.3 is 15.5 Å². The van der Waals surface area contributed by atoms with Crippen LogP contribution in [-0.2, 0) is 6.54 Å². The van der Waals surface area contributed by atoms with Crippen LogP contribution in [0.2, 0.25) is 0 Å². The largest absolute Gasteiger partial charge is 0.355 e. The van der Waals surface area contributed by atoms with Gasteiger partial charge in [0.15, 0.2) is 5.96 Å². The molecule has 0 atom stereocenters. The molecule has 1 aromatic heterocycles. The number of hydrogen-bond donors (Lipinski definition) is 2. The molecule has 2 saturated heterocycles. The minimum absolute atomic E-state index is 0. The predicted molar refractivity (Wildman–Crippen MR) is 123 cm³/mol.